The first-order valence-electron chi connectivity index (χ1n) is 5.66. The molecule has 17 heavy (non-hydrogen) atoms. The van der Waals surface area contributed by atoms with Crippen LogP contribution in [0.25, 0.3) is 0 Å². The molecule has 1 aliphatic rings. The Bertz CT molecular complexity index is 435. The number of nitro benzene ring substituents is 1. The molecule has 0 radical (unpaired) electrons. The van der Waals surface area contributed by atoms with Crippen LogP contribution in [0.5, 0.6) is 0 Å². The molecular formula is C11H16N4O2. The Hall–Kier alpha value is -1.82. The molecule has 92 valence electrons. The third-order valence-electron chi connectivity index (χ3n) is 3.09. The normalized spacial score (nSPS) is 22.0. The van der Waals surface area contributed by atoms with Crippen molar-refractivity contribution < 1.29 is 4.92 Å². The van der Waals surface area contributed by atoms with Gasteiger partial charge in [-0.15, -0.1) is 0 Å². The molecule has 0 amide bonds. The van der Waals surface area contributed by atoms with Crippen molar-refractivity contribution in [3.05, 3.63) is 28.3 Å². The van der Waals surface area contributed by atoms with Gasteiger partial charge < -0.3 is 10.7 Å². The van der Waals surface area contributed by atoms with E-state index in [1.807, 2.05) is 0 Å². The van der Waals surface area contributed by atoms with Crippen molar-refractivity contribution >= 4 is 17.1 Å². The molecule has 0 spiro atoms. The number of nitrogen functional groups attached to an aromatic ring is 1. The van der Waals surface area contributed by atoms with Crippen LogP contribution in [0.3, 0.4) is 0 Å². The number of rotatable bonds is 5. The molecule has 1 aromatic rings. The predicted molar refractivity (Wildman–Crippen MR) is 66.7 cm³/mol. The lowest BCUT2D eigenvalue weighted by atomic mass is 10.2. The van der Waals surface area contributed by atoms with E-state index in [1.165, 1.54) is 12.1 Å². The molecule has 6 heteroatoms. The summed E-state index contributed by atoms with van der Waals surface area (Å²) in [6, 6.07) is 5.16. The quantitative estimate of drug-likeness (QED) is 0.413. The molecule has 0 heterocycles. The summed E-state index contributed by atoms with van der Waals surface area (Å²) in [5.41, 5.74) is 3.76. The molecule has 2 unspecified atom stereocenters. The van der Waals surface area contributed by atoms with Crippen LogP contribution in [0.1, 0.15) is 19.8 Å². The van der Waals surface area contributed by atoms with E-state index in [1.54, 1.807) is 6.07 Å². The number of hydrogen-bond acceptors (Lipinski definition) is 5. The number of hydrogen-bond donors (Lipinski definition) is 3. The summed E-state index contributed by atoms with van der Waals surface area (Å²) in [4.78, 5) is 10.3. The maximum absolute atomic E-state index is 10.8. The Morgan fingerprint density at radius 2 is 2.18 bits per heavy atom. The van der Waals surface area contributed by atoms with E-state index in [0.29, 0.717) is 17.6 Å². The van der Waals surface area contributed by atoms with E-state index >= 15 is 0 Å². The largest absolute Gasteiger partial charge is 0.382 e. The monoisotopic (exact) mass is 236 g/mol. The van der Waals surface area contributed by atoms with Crippen molar-refractivity contribution in [2.45, 2.75) is 25.8 Å². The number of benzene rings is 1. The van der Waals surface area contributed by atoms with Crippen molar-refractivity contribution in [1.29, 1.82) is 0 Å². The van der Waals surface area contributed by atoms with Crippen molar-refractivity contribution in [2.24, 2.45) is 11.8 Å². The fourth-order valence-electron chi connectivity index (χ4n) is 1.97. The van der Waals surface area contributed by atoms with Crippen molar-refractivity contribution in [1.82, 2.24) is 0 Å². The van der Waals surface area contributed by atoms with Gasteiger partial charge in [0.1, 0.15) is 0 Å². The van der Waals surface area contributed by atoms with Crippen LogP contribution in [-0.2, 0) is 0 Å². The molecule has 1 aromatic carbocycles. The third-order valence-corrected chi connectivity index (χ3v) is 3.09. The number of hydrazine groups is 1. The highest BCUT2D eigenvalue weighted by Crippen LogP contribution is 2.37. The maximum Gasteiger partial charge on any atom is 0.273 e. The molecule has 6 nitrogen and oxygen atoms in total. The predicted octanol–water partition coefficient (Wildman–Crippen LogP) is 2.09. The van der Waals surface area contributed by atoms with Gasteiger partial charge in [-0.2, -0.15) is 0 Å². The Balaban J connectivity index is 2.15. The van der Waals surface area contributed by atoms with E-state index in [0.717, 1.165) is 18.5 Å². The lowest BCUT2D eigenvalue weighted by Gasteiger charge is -2.08. The van der Waals surface area contributed by atoms with Crippen LogP contribution < -0.4 is 16.6 Å². The van der Waals surface area contributed by atoms with Gasteiger partial charge in [0.15, 0.2) is 0 Å². The number of nitrogens with one attached hydrogen (secondary N) is 2. The summed E-state index contributed by atoms with van der Waals surface area (Å²) < 4.78 is 0. The summed E-state index contributed by atoms with van der Waals surface area (Å²) in [5.74, 6) is 5.97. The Morgan fingerprint density at radius 3 is 2.71 bits per heavy atom. The SMILES string of the molecule is CCC1CC1Nc1cc(NN)cc([N+](=O)[O-])c1. The minimum atomic E-state index is -0.420. The average molecular weight is 236 g/mol. The molecule has 0 aliphatic heterocycles. The molecule has 1 aliphatic carbocycles. The van der Waals surface area contributed by atoms with Crippen LogP contribution in [-0.4, -0.2) is 11.0 Å². The number of anilines is 2. The van der Waals surface area contributed by atoms with Gasteiger partial charge in [-0.25, -0.2) is 0 Å². The zero-order valence-corrected chi connectivity index (χ0v) is 9.64. The van der Waals surface area contributed by atoms with E-state index in [-0.39, 0.29) is 5.69 Å². The van der Waals surface area contributed by atoms with Crippen LogP contribution in [0.15, 0.2) is 18.2 Å². The molecule has 2 rings (SSSR count). The molecule has 0 saturated heterocycles. The van der Waals surface area contributed by atoms with Crippen LogP contribution in [0.2, 0.25) is 0 Å². The first-order chi connectivity index (χ1) is 8.13. The van der Waals surface area contributed by atoms with Gasteiger partial charge in [0, 0.05) is 23.9 Å². The topological polar surface area (TPSA) is 93.2 Å². The Labute approximate surface area is 99.3 Å². The van der Waals surface area contributed by atoms with Crippen molar-refractivity contribution in [3.63, 3.8) is 0 Å². The zero-order valence-electron chi connectivity index (χ0n) is 9.64. The lowest BCUT2D eigenvalue weighted by molar-refractivity contribution is -0.384. The summed E-state index contributed by atoms with van der Waals surface area (Å²) >= 11 is 0. The highest BCUT2D eigenvalue weighted by atomic mass is 16.6. The van der Waals surface area contributed by atoms with Crippen molar-refractivity contribution in [3.8, 4) is 0 Å². The summed E-state index contributed by atoms with van der Waals surface area (Å²) in [6.45, 7) is 2.15. The number of nitro groups is 1. The smallest absolute Gasteiger partial charge is 0.273 e. The second-order valence-corrected chi connectivity index (χ2v) is 4.32. The average Bonchev–Trinajstić information content (AvgIpc) is 3.06. The highest BCUT2D eigenvalue weighted by molar-refractivity contribution is 5.63. The van der Waals surface area contributed by atoms with Gasteiger partial charge in [0.2, 0.25) is 0 Å². The number of nitrogens with zero attached hydrogens (tertiary/aromatic N) is 1. The Morgan fingerprint density at radius 1 is 1.47 bits per heavy atom. The minimum Gasteiger partial charge on any atom is -0.382 e. The lowest BCUT2D eigenvalue weighted by Crippen LogP contribution is -2.09. The van der Waals surface area contributed by atoms with Gasteiger partial charge >= 0.3 is 0 Å². The van der Waals surface area contributed by atoms with E-state index in [9.17, 15) is 10.1 Å². The fraction of sp³-hybridized carbons (Fsp3) is 0.455. The Kier molecular flexibility index (Phi) is 3.14. The van der Waals surface area contributed by atoms with Gasteiger partial charge in [-0.05, 0) is 18.4 Å². The summed E-state index contributed by atoms with van der Waals surface area (Å²) in [5, 5.41) is 14.0. The molecule has 4 N–H and O–H groups in total. The van der Waals surface area contributed by atoms with E-state index < -0.39 is 4.92 Å². The second-order valence-electron chi connectivity index (χ2n) is 4.32. The number of nitrogens with two attached hydrogens (primary N) is 1. The molecule has 0 bridgehead atoms. The minimum absolute atomic E-state index is 0.0386. The second kappa shape index (κ2) is 4.58. The molecular weight excluding hydrogens is 220 g/mol. The maximum atomic E-state index is 10.8. The summed E-state index contributed by atoms with van der Waals surface area (Å²) in [6.07, 6.45) is 2.26. The molecule has 1 saturated carbocycles. The highest BCUT2D eigenvalue weighted by Gasteiger charge is 2.35. The van der Waals surface area contributed by atoms with Gasteiger partial charge in [-0.1, -0.05) is 13.3 Å². The first kappa shape index (κ1) is 11.7. The first-order valence-corrected chi connectivity index (χ1v) is 5.66. The number of non-ortho nitro benzene ring substituents is 1. The van der Waals surface area contributed by atoms with Crippen LogP contribution in [0, 0.1) is 16.0 Å². The van der Waals surface area contributed by atoms with Gasteiger partial charge in [0.05, 0.1) is 10.6 Å². The zero-order chi connectivity index (χ0) is 12.4. The van der Waals surface area contributed by atoms with Gasteiger partial charge in [0.25, 0.3) is 5.69 Å². The standard InChI is InChI=1S/C11H16N4O2/c1-2-7-3-11(7)13-8-4-9(14-12)6-10(5-8)15(16)17/h4-7,11,13-14H,2-3,12H2,1H3. The van der Waals surface area contributed by atoms with Gasteiger partial charge in [-0.3, -0.25) is 16.0 Å². The summed E-state index contributed by atoms with van der Waals surface area (Å²) in [7, 11) is 0. The fourth-order valence-corrected chi connectivity index (χ4v) is 1.97. The van der Waals surface area contributed by atoms with Crippen LogP contribution >= 0.6 is 0 Å². The molecule has 1 fully saturated rings. The third kappa shape index (κ3) is 2.65. The van der Waals surface area contributed by atoms with E-state index in [2.05, 4.69) is 17.7 Å². The molecule has 0 aromatic heterocycles. The van der Waals surface area contributed by atoms with Crippen LogP contribution in [0.4, 0.5) is 17.1 Å². The molecule has 2 atom stereocenters. The van der Waals surface area contributed by atoms with E-state index in [4.69, 9.17) is 5.84 Å². The van der Waals surface area contributed by atoms with Crippen molar-refractivity contribution in [2.75, 3.05) is 10.7 Å².